The van der Waals surface area contributed by atoms with E-state index in [1.165, 1.54) is 30.9 Å². The summed E-state index contributed by atoms with van der Waals surface area (Å²) in [7, 11) is 0. The number of alkyl halides is 3. The molecule has 2 aromatic carbocycles. The Labute approximate surface area is 255 Å². The molecule has 13 heteroatoms. The third-order valence-electron chi connectivity index (χ3n) is 6.79. The summed E-state index contributed by atoms with van der Waals surface area (Å²) < 4.78 is 83.7. The maximum Gasteiger partial charge on any atom is 0.435 e. The molecule has 2 heterocycles. The van der Waals surface area contributed by atoms with E-state index in [4.69, 9.17) is 5.73 Å². The highest BCUT2D eigenvalue weighted by atomic mass is 19.4. The number of nitrogens with one attached hydrogen (secondary N) is 1. The molecule has 0 saturated heterocycles. The molecule has 2 aromatic heterocycles. The Morgan fingerprint density at radius 3 is 2.31 bits per heavy atom. The van der Waals surface area contributed by atoms with Crippen molar-refractivity contribution in [3.8, 4) is 11.1 Å². The number of halogens is 6. The predicted molar refractivity (Wildman–Crippen MR) is 154 cm³/mol. The maximum absolute atomic E-state index is 14.2. The normalized spacial score (nSPS) is 13.5. The molecule has 1 aliphatic carbocycles. The first-order valence-corrected chi connectivity index (χ1v) is 14.2. The molecule has 1 aliphatic rings. The Morgan fingerprint density at radius 1 is 1.04 bits per heavy atom. The molecule has 1 atom stereocenters. The van der Waals surface area contributed by atoms with Crippen LogP contribution in [0.2, 0.25) is 0 Å². The number of pyridine rings is 1. The molecular weight excluding hydrogens is 600 g/mol. The number of nitrogens with zero attached hydrogens (tertiary/aromatic N) is 3. The molecule has 0 radical (unpaired) electrons. The minimum absolute atomic E-state index is 0.0238. The molecule has 1 fully saturated rings. The Bertz CT molecular complexity index is 1660. The van der Waals surface area contributed by atoms with Crippen LogP contribution < -0.4 is 11.1 Å². The lowest BCUT2D eigenvalue weighted by Crippen LogP contribution is -2.34. The molecule has 4 aromatic rings. The highest BCUT2D eigenvalue weighted by Crippen LogP contribution is 2.45. The van der Waals surface area contributed by atoms with E-state index in [1.54, 1.807) is 12.1 Å². The average Bonchev–Trinajstić information content (AvgIpc) is 3.71. The van der Waals surface area contributed by atoms with Crippen LogP contribution in [0.3, 0.4) is 0 Å². The zero-order valence-corrected chi connectivity index (χ0v) is 24.5. The summed E-state index contributed by atoms with van der Waals surface area (Å²) in [6.07, 6.45) is 0.174. The van der Waals surface area contributed by atoms with Gasteiger partial charge in [0.1, 0.15) is 24.0 Å². The van der Waals surface area contributed by atoms with Gasteiger partial charge in [-0.1, -0.05) is 32.4 Å². The molecule has 2 amide bonds. The monoisotopic (exact) mass is 631 g/mol. The van der Waals surface area contributed by atoms with Crippen molar-refractivity contribution in [2.45, 2.75) is 64.2 Å². The first-order valence-electron chi connectivity index (χ1n) is 14.2. The molecule has 238 valence electrons. The van der Waals surface area contributed by atoms with Gasteiger partial charge in [-0.25, -0.2) is 13.2 Å². The van der Waals surface area contributed by atoms with Crippen LogP contribution in [0.15, 0.2) is 60.9 Å². The minimum Gasteiger partial charge on any atom is -0.366 e. The summed E-state index contributed by atoms with van der Waals surface area (Å²) in [6, 6.07) is 8.50. The van der Waals surface area contributed by atoms with Gasteiger partial charge in [-0.3, -0.25) is 19.3 Å². The van der Waals surface area contributed by atoms with E-state index < -0.39 is 53.7 Å². The molecule has 0 aliphatic heterocycles. The van der Waals surface area contributed by atoms with E-state index in [-0.39, 0.29) is 34.7 Å². The number of nitrogens with two attached hydrogens (primary N) is 1. The van der Waals surface area contributed by atoms with Gasteiger partial charge in [0.15, 0.2) is 5.69 Å². The van der Waals surface area contributed by atoms with Gasteiger partial charge in [0.2, 0.25) is 5.91 Å². The Kier molecular flexibility index (Phi) is 10.3. The van der Waals surface area contributed by atoms with Crippen LogP contribution in [-0.2, 0) is 23.9 Å². The quantitative estimate of drug-likeness (QED) is 0.197. The number of benzene rings is 2. The van der Waals surface area contributed by atoms with Crippen molar-refractivity contribution < 1.29 is 35.9 Å². The Balaban J connectivity index is 0.00000148. The molecule has 0 spiro atoms. The molecule has 7 nitrogen and oxygen atoms in total. The van der Waals surface area contributed by atoms with Gasteiger partial charge >= 0.3 is 6.18 Å². The van der Waals surface area contributed by atoms with Crippen LogP contribution in [0.4, 0.5) is 26.3 Å². The topological polar surface area (TPSA) is 103 Å². The number of primary amides is 1. The SMILES string of the molecule is CCC.NC(=O)c1cc(-c2cccnc2C(Cc2cc(F)cc(F)c2)NC(=O)Cn2cc(C3CC3)c(C(F)(F)F)n2)ccc1F. The molecular formula is C32H31F6N5O2. The van der Waals surface area contributed by atoms with Gasteiger partial charge in [-0.15, -0.1) is 0 Å². The minimum atomic E-state index is -4.69. The standard InChI is InChI=1S/C29H23F6N5O2.C3H8/c30-18-8-15(9-19(31)12-18)10-24(26-20(2-1-7-37-26)17-5-6-23(32)21(11-17)28(36)42)38-25(41)14-40-13-22(16-3-4-16)27(39-40)29(33,34)35;1-3-2/h1-2,5-9,11-13,16,24H,3-4,10,14H2,(H2,36,42)(H,38,41);3H2,1-2H3. The zero-order chi connectivity index (χ0) is 32.9. The van der Waals surface area contributed by atoms with Crippen LogP contribution in [0.1, 0.15) is 77.9 Å². The lowest BCUT2D eigenvalue weighted by molar-refractivity contribution is -0.142. The van der Waals surface area contributed by atoms with E-state index >= 15 is 0 Å². The summed E-state index contributed by atoms with van der Waals surface area (Å²) in [5.41, 5.74) is 4.88. The fraction of sp³-hybridized carbons (Fsp3) is 0.312. The third kappa shape index (κ3) is 8.49. The van der Waals surface area contributed by atoms with Crippen molar-refractivity contribution in [2.24, 2.45) is 5.73 Å². The first kappa shape index (κ1) is 33.2. The lowest BCUT2D eigenvalue weighted by atomic mass is 9.94. The summed E-state index contributed by atoms with van der Waals surface area (Å²) in [4.78, 5) is 29.3. The van der Waals surface area contributed by atoms with Crippen molar-refractivity contribution in [1.82, 2.24) is 20.1 Å². The first-order chi connectivity index (χ1) is 21.3. The van der Waals surface area contributed by atoms with Crippen molar-refractivity contribution in [3.05, 3.63) is 106 Å². The van der Waals surface area contributed by atoms with Gasteiger partial charge in [0.25, 0.3) is 5.91 Å². The lowest BCUT2D eigenvalue weighted by Gasteiger charge is -2.22. The number of carbonyl (C=O) groups excluding carboxylic acids is 2. The van der Waals surface area contributed by atoms with Crippen molar-refractivity contribution in [2.75, 3.05) is 0 Å². The van der Waals surface area contributed by atoms with Crippen LogP contribution in [0, 0.1) is 17.5 Å². The molecule has 1 saturated carbocycles. The van der Waals surface area contributed by atoms with Crippen LogP contribution in [0.25, 0.3) is 11.1 Å². The highest BCUT2D eigenvalue weighted by Gasteiger charge is 2.41. The fourth-order valence-electron chi connectivity index (χ4n) is 4.82. The molecule has 45 heavy (non-hydrogen) atoms. The van der Waals surface area contributed by atoms with E-state index in [2.05, 4.69) is 29.2 Å². The van der Waals surface area contributed by atoms with Crippen LogP contribution >= 0.6 is 0 Å². The second-order valence-corrected chi connectivity index (χ2v) is 10.7. The highest BCUT2D eigenvalue weighted by molar-refractivity contribution is 5.94. The maximum atomic E-state index is 14.2. The summed E-state index contributed by atoms with van der Waals surface area (Å²) >= 11 is 0. The largest absolute Gasteiger partial charge is 0.435 e. The van der Waals surface area contributed by atoms with Gasteiger partial charge in [0.05, 0.1) is 17.3 Å². The summed E-state index contributed by atoms with van der Waals surface area (Å²) in [5.74, 6) is -4.59. The number of hydrogen-bond donors (Lipinski definition) is 2. The van der Waals surface area contributed by atoms with Crippen LogP contribution in [0.5, 0.6) is 0 Å². The van der Waals surface area contributed by atoms with Gasteiger partial charge in [-0.2, -0.15) is 18.3 Å². The molecule has 3 N–H and O–H groups in total. The smallest absolute Gasteiger partial charge is 0.366 e. The third-order valence-corrected chi connectivity index (χ3v) is 6.79. The zero-order valence-electron chi connectivity index (χ0n) is 24.5. The number of rotatable bonds is 9. The van der Waals surface area contributed by atoms with E-state index in [1.807, 2.05) is 0 Å². The summed E-state index contributed by atoms with van der Waals surface area (Å²) in [5, 5.41) is 6.29. The number of carbonyl (C=O) groups is 2. The predicted octanol–water partition coefficient (Wildman–Crippen LogP) is 6.87. The van der Waals surface area contributed by atoms with E-state index in [0.29, 0.717) is 30.0 Å². The fourth-order valence-corrected chi connectivity index (χ4v) is 4.82. The Morgan fingerprint density at radius 2 is 1.71 bits per heavy atom. The van der Waals surface area contributed by atoms with Crippen molar-refractivity contribution in [1.29, 1.82) is 0 Å². The van der Waals surface area contributed by atoms with Gasteiger partial charge in [-0.05, 0) is 66.6 Å². The number of hydrogen-bond acceptors (Lipinski definition) is 4. The Hall–Kier alpha value is -4.68. The van der Waals surface area contributed by atoms with Crippen molar-refractivity contribution in [3.63, 3.8) is 0 Å². The second kappa shape index (κ2) is 14.0. The molecule has 0 bridgehead atoms. The van der Waals surface area contributed by atoms with Crippen LogP contribution in [-0.4, -0.2) is 26.6 Å². The number of aromatic nitrogens is 3. The number of amides is 2. The van der Waals surface area contributed by atoms with Gasteiger partial charge in [0, 0.05) is 29.6 Å². The molecule has 5 rings (SSSR count). The molecule has 1 unspecified atom stereocenters. The van der Waals surface area contributed by atoms with E-state index in [9.17, 15) is 35.9 Å². The second-order valence-electron chi connectivity index (χ2n) is 10.7. The van der Waals surface area contributed by atoms with Crippen molar-refractivity contribution >= 4 is 11.8 Å². The average molecular weight is 632 g/mol. The van der Waals surface area contributed by atoms with Gasteiger partial charge < -0.3 is 11.1 Å². The van der Waals surface area contributed by atoms with E-state index in [0.717, 1.165) is 22.9 Å². The summed E-state index contributed by atoms with van der Waals surface area (Å²) in [6.45, 7) is 3.67.